The number of nitrogens with one attached hydrogen (secondary N) is 2. The number of carbonyl (C=O) groups excluding carboxylic acids is 3. The molecule has 2 aromatic carbocycles. The predicted molar refractivity (Wildman–Crippen MR) is 125 cm³/mol. The molecular formula is C24H30N4O5. The third kappa shape index (κ3) is 6.53. The number of carbonyl (C=O) groups is 3. The first-order valence-electron chi connectivity index (χ1n) is 10.8. The monoisotopic (exact) mass is 454 g/mol. The number of morpholine rings is 1. The van der Waals surface area contributed by atoms with Gasteiger partial charge in [-0.1, -0.05) is 12.1 Å². The standard InChI is InChI=1S/C24H30N4O5/c1-27(2)20-10-6-17(7-11-20)21(28-12-14-33-15-13-28)16-25-22(29)23(30)26-19-8-4-18(5-9-19)24(31)32-3/h4-11,21H,12-16H2,1-3H3,(H,25,29)(H,26,30). The van der Waals surface area contributed by atoms with Crippen LogP contribution >= 0.6 is 0 Å². The summed E-state index contributed by atoms with van der Waals surface area (Å²) in [4.78, 5) is 40.7. The van der Waals surface area contributed by atoms with Crippen LogP contribution in [0.1, 0.15) is 22.0 Å². The van der Waals surface area contributed by atoms with Gasteiger partial charge in [-0.2, -0.15) is 0 Å². The van der Waals surface area contributed by atoms with Gasteiger partial charge in [0.2, 0.25) is 0 Å². The van der Waals surface area contributed by atoms with E-state index < -0.39 is 17.8 Å². The Hall–Kier alpha value is -3.43. The second-order valence-electron chi connectivity index (χ2n) is 7.88. The molecule has 1 aliphatic heterocycles. The minimum absolute atomic E-state index is 0.0822. The van der Waals surface area contributed by atoms with Gasteiger partial charge >= 0.3 is 17.8 Å². The molecule has 33 heavy (non-hydrogen) atoms. The zero-order chi connectivity index (χ0) is 23.8. The van der Waals surface area contributed by atoms with E-state index in [4.69, 9.17) is 4.74 Å². The summed E-state index contributed by atoms with van der Waals surface area (Å²) >= 11 is 0. The summed E-state index contributed by atoms with van der Waals surface area (Å²) in [5, 5.41) is 5.30. The lowest BCUT2D eigenvalue weighted by atomic mass is 10.0. The molecule has 2 N–H and O–H groups in total. The molecule has 9 heteroatoms. The Balaban J connectivity index is 1.63. The molecule has 1 heterocycles. The van der Waals surface area contributed by atoms with Crippen molar-refractivity contribution in [3.05, 3.63) is 59.7 Å². The third-order valence-corrected chi connectivity index (χ3v) is 5.51. The SMILES string of the molecule is COC(=O)c1ccc(NC(=O)C(=O)NCC(c2ccc(N(C)C)cc2)N2CCOCC2)cc1. The molecule has 176 valence electrons. The molecule has 0 aromatic heterocycles. The number of anilines is 2. The maximum atomic E-state index is 12.5. The van der Waals surface area contributed by atoms with Gasteiger partial charge < -0.3 is 25.0 Å². The van der Waals surface area contributed by atoms with E-state index in [1.54, 1.807) is 12.1 Å². The van der Waals surface area contributed by atoms with E-state index in [0.29, 0.717) is 24.5 Å². The Labute approximate surface area is 193 Å². The maximum Gasteiger partial charge on any atom is 0.337 e. The summed E-state index contributed by atoms with van der Waals surface area (Å²) in [6.45, 7) is 3.03. The second kappa shape index (κ2) is 11.4. The van der Waals surface area contributed by atoms with Gasteiger partial charge in [0.25, 0.3) is 0 Å². The molecule has 1 fully saturated rings. The summed E-state index contributed by atoms with van der Waals surface area (Å²) in [5.74, 6) is -1.97. The fourth-order valence-corrected chi connectivity index (χ4v) is 3.61. The van der Waals surface area contributed by atoms with Gasteiger partial charge in [0.15, 0.2) is 0 Å². The zero-order valence-corrected chi connectivity index (χ0v) is 19.2. The fraction of sp³-hybridized carbons (Fsp3) is 0.375. The van der Waals surface area contributed by atoms with Crippen molar-refractivity contribution >= 4 is 29.2 Å². The number of hydrogen-bond donors (Lipinski definition) is 2. The van der Waals surface area contributed by atoms with Crippen LogP contribution in [0.3, 0.4) is 0 Å². The van der Waals surface area contributed by atoms with Crippen molar-refractivity contribution in [3.63, 3.8) is 0 Å². The highest BCUT2D eigenvalue weighted by Crippen LogP contribution is 2.24. The first kappa shape index (κ1) is 24.2. The number of rotatable bonds is 7. The van der Waals surface area contributed by atoms with E-state index in [0.717, 1.165) is 24.3 Å². The van der Waals surface area contributed by atoms with Crippen molar-refractivity contribution < 1.29 is 23.9 Å². The minimum Gasteiger partial charge on any atom is -0.465 e. The molecule has 3 rings (SSSR count). The minimum atomic E-state index is -0.774. The average Bonchev–Trinajstić information content (AvgIpc) is 2.85. The molecule has 2 amide bonds. The Kier molecular flexibility index (Phi) is 8.39. The number of amides is 2. The first-order chi connectivity index (χ1) is 15.9. The Morgan fingerprint density at radius 2 is 1.64 bits per heavy atom. The largest absolute Gasteiger partial charge is 0.465 e. The number of methoxy groups -OCH3 is 1. The van der Waals surface area contributed by atoms with Gasteiger partial charge in [0.05, 0.1) is 31.9 Å². The van der Waals surface area contributed by atoms with Gasteiger partial charge in [0, 0.05) is 45.1 Å². The highest BCUT2D eigenvalue weighted by Gasteiger charge is 2.24. The summed E-state index contributed by atoms with van der Waals surface area (Å²) in [5.41, 5.74) is 2.91. The van der Waals surface area contributed by atoms with E-state index in [1.807, 2.05) is 43.3 Å². The molecule has 1 unspecified atom stereocenters. The fourth-order valence-electron chi connectivity index (χ4n) is 3.61. The van der Waals surface area contributed by atoms with E-state index in [1.165, 1.54) is 19.2 Å². The van der Waals surface area contributed by atoms with Crippen LogP contribution in [0, 0.1) is 0 Å². The van der Waals surface area contributed by atoms with E-state index in [-0.39, 0.29) is 12.6 Å². The molecule has 2 aromatic rings. The molecule has 0 bridgehead atoms. The highest BCUT2D eigenvalue weighted by molar-refractivity contribution is 6.39. The quantitative estimate of drug-likeness (QED) is 0.485. The Morgan fingerprint density at radius 3 is 2.21 bits per heavy atom. The van der Waals surface area contributed by atoms with Crippen LogP contribution in [0.2, 0.25) is 0 Å². The molecule has 0 spiro atoms. The number of benzene rings is 2. The smallest absolute Gasteiger partial charge is 0.337 e. The van der Waals surface area contributed by atoms with Crippen LogP contribution in [0.25, 0.3) is 0 Å². The van der Waals surface area contributed by atoms with Crippen molar-refractivity contribution in [3.8, 4) is 0 Å². The summed E-state index contributed by atoms with van der Waals surface area (Å²) in [6, 6.07) is 14.2. The van der Waals surface area contributed by atoms with Crippen LogP contribution in [0.4, 0.5) is 11.4 Å². The van der Waals surface area contributed by atoms with Crippen molar-refractivity contribution in [1.29, 1.82) is 0 Å². The lowest BCUT2D eigenvalue weighted by Gasteiger charge is -2.35. The molecule has 0 saturated carbocycles. The first-order valence-corrected chi connectivity index (χ1v) is 10.8. The summed E-state index contributed by atoms with van der Waals surface area (Å²) in [6.07, 6.45) is 0. The van der Waals surface area contributed by atoms with Crippen molar-refractivity contribution in [2.75, 3.05) is 64.3 Å². The van der Waals surface area contributed by atoms with Crippen LogP contribution in [0.15, 0.2) is 48.5 Å². The molecule has 0 aliphatic carbocycles. The zero-order valence-electron chi connectivity index (χ0n) is 19.2. The van der Waals surface area contributed by atoms with Gasteiger partial charge in [-0.15, -0.1) is 0 Å². The number of hydrogen-bond acceptors (Lipinski definition) is 7. The second-order valence-corrected chi connectivity index (χ2v) is 7.88. The highest BCUT2D eigenvalue weighted by atomic mass is 16.5. The molecular weight excluding hydrogens is 424 g/mol. The Bertz CT molecular complexity index is 954. The van der Waals surface area contributed by atoms with Gasteiger partial charge in [-0.05, 0) is 42.0 Å². The van der Waals surface area contributed by atoms with Crippen LogP contribution < -0.4 is 15.5 Å². The Morgan fingerprint density at radius 1 is 1.00 bits per heavy atom. The predicted octanol–water partition coefficient (Wildman–Crippen LogP) is 1.67. The van der Waals surface area contributed by atoms with Gasteiger partial charge in [-0.25, -0.2) is 4.79 Å². The normalized spacial score (nSPS) is 14.8. The van der Waals surface area contributed by atoms with Crippen LogP contribution in [-0.4, -0.2) is 76.7 Å². The molecule has 1 aliphatic rings. The van der Waals surface area contributed by atoms with E-state index >= 15 is 0 Å². The van der Waals surface area contributed by atoms with Crippen molar-refractivity contribution in [2.45, 2.75) is 6.04 Å². The number of esters is 1. The van der Waals surface area contributed by atoms with Crippen LogP contribution in [-0.2, 0) is 19.1 Å². The van der Waals surface area contributed by atoms with E-state index in [9.17, 15) is 14.4 Å². The average molecular weight is 455 g/mol. The number of nitrogens with zero attached hydrogens (tertiary/aromatic N) is 2. The third-order valence-electron chi connectivity index (χ3n) is 5.51. The maximum absolute atomic E-state index is 12.5. The van der Waals surface area contributed by atoms with Crippen LogP contribution in [0.5, 0.6) is 0 Å². The lowest BCUT2D eigenvalue weighted by molar-refractivity contribution is -0.136. The van der Waals surface area contributed by atoms with Gasteiger partial charge in [-0.3, -0.25) is 14.5 Å². The van der Waals surface area contributed by atoms with E-state index in [2.05, 4.69) is 20.3 Å². The number of ether oxygens (including phenoxy) is 2. The molecule has 0 radical (unpaired) electrons. The molecule has 1 atom stereocenters. The molecule has 1 saturated heterocycles. The molecule has 9 nitrogen and oxygen atoms in total. The lowest BCUT2D eigenvalue weighted by Crippen LogP contribution is -2.45. The van der Waals surface area contributed by atoms with Crippen molar-refractivity contribution in [1.82, 2.24) is 10.2 Å². The summed E-state index contributed by atoms with van der Waals surface area (Å²) < 4.78 is 10.1. The van der Waals surface area contributed by atoms with Gasteiger partial charge in [0.1, 0.15) is 0 Å². The topological polar surface area (TPSA) is 100 Å². The van der Waals surface area contributed by atoms with Crippen molar-refractivity contribution in [2.24, 2.45) is 0 Å². The summed E-state index contributed by atoms with van der Waals surface area (Å²) in [7, 11) is 5.26.